The van der Waals surface area contributed by atoms with Crippen LogP contribution in [0.2, 0.25) is 0 Å². The average Bonchev–Trinajstić information content (AvgIpc) is 1.83. The first kappa shape index (κ1) is 13.5. The summed E-state index contributed by atoms with van der Waals surface area (Å²) >= 11 is 0. The SMILES string of the molecule is Cl.Cl.N[C@@H]1CCCN(C2CCC2)C1. The van der Waals surface area contributed by atoms with Crippen LogP contribution in [0.4, 0.5) is 0 Å². The van der Waals surface area contributed by atoms with Crippen LogP contribution in [0.3, 0.4) is 0 Å². The second-order valence-electron chi connectivity index (χ2n) is 3.98. The first-order valence-electron chi connectivity index (χ1n) is 4.86. The van der Waals surface area contributed by atoms with Crippen LogP contribution in [0.15, 0.2) is 0 Å². The molecule has 1 heterocycles. The maximum Gasteiger partial charge on any atom is 0.0168 e. The van der Waals surface area contributed by atoms with Crippen LogP contribution in [-0.2, 0) is 0 Å². The van der Waals surface area contributed by atoms with Crippen molar-refractivity contribution in [2.24, 2.45) is 5.73 Å². The second kappa shape index (κ2) is 6.07. The third-order valence-corrected chi connectivity index (χ3v) is 3.08. The first-order valence-corrected chi connectivity index (χ1v) is 4.86. The molecule has 2 rings (SSSR count). The zero-order valence-corrected chi connectivity index (χ0v) is 9.58. The van der Waals surface area contributed by atoms with E-state index in [0.29, 0.717) is 6.04 Å². The number of hydrogen-bond donors (Lipinski definition) is 1. The number of piperidine rings is 1. The number of nitrogens with zero attached hydrogens (tertiary/aromatic N) is 1. The van der Waals surface area contributed by atoms with Crippen LogP contribution in [0, 0.1) is 0 Å². The van der Waals surface area contributed by atoms with Crippen molar-refractivity contribution in [3.05, 3.63) is 0 Å². The summed E-state index contributed by atoms with van der Waals surface area (Å²) in [5.74, 6) is 0. The summed E-state index contributed by atoms with van der Waals surface area (Å²) in [7, 11) is 0. The molecule has 0 aromatic rings. The molecule has 13 heavy (non-hydrogen) atoms. The summed E-state index contributed by atoms with van der Waals surface area (Å²) in [4.78, 5) is 2.59. The van der Waals surface area contributed by atoms with E-state index in [4.69, 9.17) is 5.73 Å². The largest absolute Gasteiger partial charge is 0.327 e. The van der Waals surface area contributed by atoms with Crippen molar-refractivity contribution in [3.8, 4) is 0 Å². The van der Waals surface area contributed by atoms with Crippen LogP contribution < -0.4 is 5.73 Å². The minimum atomic E-state index is 0. The Hall–Kier alpha value is 0.500. The predicted molar refractivity (Wildman–Crippen MR) is 60.9 cm³/mol. The van der Waals surface area contributed by atoms with E-state index in [2.05, 4.69) is 4.90 Å². The summed E-state index contributed by atoms with van der Waals surface area (Å²) in [6.07, 6.45) is 6.84. The lowest BCUT2D eigenvalue weighted by Gasteiger charge is -2.41. The minimum Gasteiger partial charge on any atom is -0.327 e. The Bertz CT molecular complexity index is 140. The van der Waals surface area contributed by atoms with Gasteiger partial charge in [0, 0.05) is 18.6 Å². The van der Waals surface area contributed by atoms with Gasteiger partial charge in [0.05, 0.1) is 0 Å². The quantitative estimate of drug-likeness (QED) is 0.740. The monoisotopic (exact) mass is 226 g/mol. The number of rotatable bonds is 1. The molecule has 2 fully saturated rings. The Balaban J connectivity index is 0.000000720. The highest BCUT2D eigenvalue weighted by Gasteiger charge is 2.27. The van der Waals surface area contributed by atoms with Crippen molar-refractivity contribution < 1.29 is 0 Å². The van der Waals surface area contributed by atoms with Crippen LogP contribution >= 0.6 is 24.8 Å². The van der Waals surface area contributed by atoms with Gasteiger partial charge in [0.15, 0.2) is 0 Å². The van der Waals surface area contributed by atoms with E-state index >= 15 is 0 Å². The van der Waals surface area contributed by atoms with Gasteiger partial charge >= 0.3 is 0 Å². The van der Waals surface area contributed by atoms with Gasteiger partial charge in [-0.1, -0.05) is 6.42 Å². The summed E-state index contributed by atoms with van der Waals surface area (Å²) in [6.45, 7) is 2.46. The standard InChI is InChI=1S/C9H18N2.2ClH/c10-8-3-2-6-11(7-8)9-4-1-5-9;;/h8-9H,1-7,10H2;2*1H/t8-;;/m1../s1. The topological polar surface area (TPSA) is 29.3 Å². The molecule has 1 saturated carbocycles. The molecule has 2 N–H and O–H groups in total. The fraction of sp³-hybridized carbons (Fsp3) is 1.00. The lowest BCUT2D eigenvalue weighted by atomic mass is 9.89. The lowest BCUT2D eigenvalue weighted by molar-refractivity contribution is 0.0956. The molecule has 0 unspecified atom stereocenters. The Morgan fingerprint density at radius 1 is 1.00 bits per heavy atom. The van der Waals surface area contributed by atoms with Crippen LogP contribution in [0.5, 0.6) is 0 Å². The molecule has 0 aromatic heterocycles. The van der Waals surface area contributed by atoms with E-state index in [-0.39, 0.29) is 24.8 Å². The lowest BCUT2D eigenvalue weighted by Crippen LogP contribution is -2.49. The van der Waals surface area contributed by atoms with Gasteiger partial charge in [0.1, 0.15) is 0 Å². The molecular formula is C9H20Cl2N2. The number of nitrogens with two attached hydrogens (primary N) is 1. The fourth-order valence-corrected chi connectivity index (χ4v) is 2.12. The van der Waals surface area contributed by atoms with Crippen LogP contribution in [0.1, 0.15) is 32.1 Å². The van der Waals surface area contributed by atoms with Gasteiger partial charge in [-0.15, -0.1) is 24.8 Å². The summed E-state index contributed by atoms with van der Waals surface area (Å²) in [5.41, 5.74) is 5.90. The number of likely N-dealkylation sites (tertiary alicyclic amines) is 1. The third-order valence-electron chi connectivity index (χ3n) is 3.08. The van der Waals surface area contributed by atoms with Gasteiger partial charge in [-0.05, 0) is 32.2 Å². The van der Waals surface area contributed by atoms with Gasteiger partial charge < -0.3 is 5.73 Å². The van der Waals surface area contributed by atoms with Gasteiger partial charge in [0.25, 0.3) is 0 Å². The average molecular weight is 227 g/mol. The number of hydrogen-bond acceptors (Lipinski definition) is 2. The van der Waals surface area contributed by atoms with Gasteiger partial charge in [-0.3, -0.25) is 4.90 Å². The van der Waals surface area contributed by atoms with Crippen molar-refractivity contribution in [1.29, 1.82) is 0 Å². The third kappa shape index (κ3) is 3.28. The minimum absolute atomic E-state index is 0. The summed E-state index contributed by atoms with van der Waals surface area (Å²) in [6, 6.07) is 1.37. The van der Waals surface area contributed by atoms with E-state index in [1.54, 1.807) is 0 Å². The van der Waals surface area contributed by atoms with Crippen molar-refractivity contribution in [2.45, 2.75) is 44.2 Å². The van der Waals surface area contributed by atoms with Crippen molar-refractivity contribution in [3.63, 3.8) is 0 Å². The number of halogens is 2. The molecule has 1 aliphatic carbocycles. The first-order chi connectivity index (χ1) is 5.36. The van der Waals surface area contributed by atoms with Crippen molar-refractivity contribution in [2.75, 3.05) is 13.1 Å². The maximum absolute atomic E-state index is 5.90. The summed E-state index contributed by atoms with van der Waals surface area (Å²) in [5, 5.41) is 0. The second-order valence-corrected chi connectivity index (χ2v) is 3.98. The van der Waals surface area contributed by atoms with Crippen molar-refractivity contribution in [1.82, 2.24) is 4.90 Å². The molecule has 1 aliphatic heterocycles. The van der Waals surface area contributed by atoms with E-state index in [1.807, 2.05) is 0 Å². The molecule has 0 amide bonds. The highest BCUT2D eigenvalue weighted by molar-refractivity contribution is 5.85. The Morgan fingerprint density at radius 2 is 1.69 bits per heavy atom. The fourth-order valence-electron chi connectivity index (χ4n) is 2.12. The highest BCUT2D eigenvalue weighted by atomic mass is 35.5. The Kier molecular flexibility index (Phi) is 6.31. The molecule has 2 nitrogen and oxygen atoms in total. The van der Waals surface area contributed by atoms with Gasteiger partial charge in [-0.25, -0.2) is 0 Å². The van der Waals surface area contributed by atoms with E-state index < -0.39 is 0 Å². The zero-order valence-electron chi connectivity index (χ0n) is 7.95. The predicted octanol–water partition coefficient (Wildman–Crippen LogP) is 1.81. The molecule has 4 heteroatoms. The Morgan fingerprint density at radius 3 is 2.15 bits per heavy atom. The van der Waals surface area contributed by atoms with Gasteiger partial charge in [-0.2, -0.15) is 0 Å². The van der Waals surface area contributed by atoms with Gasteiger partial charge in [0.2, 0.25) is 0 Å². The zero-order chi connectivity index (χ0) is 7.68. The van der Waals surface area contributed by atoms with Crippen LogP contribution in [0.25, 0.3) is 0 Å². The smallest absolute Gasteiger partial charge is 0.0168 e. The van der Waals surface area contributed by atoms with E-state index in [9.17, 15) is 0 Å². The highest BCUT2D eigenvalue weighted by Crippen LogP contribution is 2.26. The maximum atomic E-state index is 5.90. The Labute approximate surface area is 93.1 Å². The normalized spacial score (nSPS) is 29.8. The molecule has 0 bridgehead atoms. The molecular weight excluding hydrogens is 207 g/mol. The molecule has 0 spiro atoms. The molecule has 0 radical (unpaired) electrons. The molecule has 1 atom stereocenters. The van der Waals surface area contributed by atoms with E-state index in [0.717, 1.165) is 12.6 Å². The molecule has 0 aromatic carbocycles. The van der Waals surface area contributed by atoms with Crippen LogP contribution in [-0.4, -0.2) is 30.1 Å². The van der Waals surface area contributed by atoms with E-state index in [1.165, 1.54) is 38.6 Å². The van der Waals surface area contributed by atoms with Crippen molar-refractivity contribution >= 4 is 24.8 Å². The molecule has 80 valence electrons. The molecule has 2 aliphatic rings. The summed E-state index contributed by atoms with van der Waals surface area (Å²) < 4.78 is 0. The molecule has 1 saturated heterocycles.